The fourth-order valence-corrected chi connectivity index (χ4v) is 4.47. The van der Waals surface area contributed by atoms with Crippen molar-refractivity contribution < 1.29 is 14.3 Å². The van der Waals surface area contributed by atoms with Crippen molar-refractivity contribution in [3.05, 3.63) is 45.1 Å². The third-order valence-electron chi connectivity index (χ3n) is 4.61. The average molecular weight is 343 g/mol. The average Bonchev–Trinajstić information content (AvgIpc) is 3.06. The summed E-state index contributed by atoms with van der Waals surface area (Å²) in [6, 6.07) is 5.99. The van der Waals surface area contributed by atoms with E-state index in [1.54, 1.807) is 11.3 Å². The van der Waals surface area contributed by atoms with Crippen LogP contribution in [0.1, 0.15) is 39.2 Å². The molecule has 1 aromatic heterocycles. The number of amides is 1. The fourth-order valence-electron chi connectivity index (χ4n) is 3.34. The minimum atomic E-state index is 0.0620. The number of rotatable bonds is 4. The first-order chi connectivity index (χ1) is 11.8. The molecule has 2 aliphatic rings. The number of hydrogen-bond acceptors (Lipinski definition) is 4. The molecule has 2 aromatic rings. The molecule has 0 spiro atoms. The molecule has 2 heterocycles. The Morgan fingerprint density at radius 2 is 1.96 bits per heavy atom. The zero-order valence-corrected chi connectivity index (χ0v) is 14.4. The van der Waals surface area contributed by atoms with E-state index >= 15 is 0 Å². The number of aryl methyl sites for hydroxylation is 1. The minimum absolute atomic E-state index is 0.0620. The molecule has 1 N–H and O–H groups in total. The normalized spacial score (nSPS) is 15.7. The summed E-state index contributed by atoms with van der Waals surface area (Å²) >= 11 is 1.73. The second-order valence-electron chi connectivity index (χ2n) is 6.24. The maximum Gasteiger partial charge on any atom is 0.252 e. The van der Waals surface area contributed by atoms with E-state index in [0.717, 1.165) is 41.9 Å². The molecular weight excluding hydrogens is 322 g/mol. The Bertz CT molecular complexity index is 753. The van der Waals surface area contributed by atoms with Crippen LogP contribution in [0.15, 0.2) is 23.6 Å². The van der Waals surface area contributed by atoms with Crippen molar-refractivity contribution >= 4 is 17.2 Å². The van der Waals surface area contributed by atoms with Gasteiger partial charge in [-0.15, -0.1) is 11.3 Å². The van der Waals surface area contributed by atoms with Gasteiger partial charge >= 0.3 is 0 Å². The maximum absolute atomic E-state index is 12.5. The Balaban J connectivity index is 1.35. The molecule has 0 unspecified atom stereocenters. The highest BCUT2D eigenvalue weighted by molar-refractivity contribution is 7.10. The van der Waals surface area contributed by atoms with Gasteiger partial charge in [0.15, 0.2) is 11.5 Å². The van der Waals surface area contributed by atoms with E-state index in [4.69, 9.17) is 9.47 Å². The summed E-state index contributed by atoms with van der Waals surface area (Å²) in [6.45, 7) is 1.83. The lowest BCUT2D eigenvalue weighted by molar-refractivity contribution is 0.0953. The second-order valence-corrected chi connectivity index (χ2v) is 7.21. The first-order valence-electron chi connectivity index (χ1n) is 8.57. The van der Waals surface area contributed by atoms with Gasteiger partial charge in [0, 0.05) is 16.8 Å². The first kappa shape index (κ1) is 15.5. The van der Waals surface area contributed by atoms with Gasteiger partial charge in [-0.2, -0.15) is 0 Å². The number of benzene rings is 1. The van der Waals surface area contributed by atoms with E-state index in [1.165, 1.54) is 23.3 Å². The van der Waals surface area contributed by atoms with Crippen molar-refractivity contribution in [3.8, 4) is 11.5 Å². The molecule has 0 bridgehead atoms. The summed E-state index contributed by atoms with van der Waals surface area (Å²) in [5.41, 5.74) is 3.31. The van der Waals surface area contributed by atoms with E-state index in [2.05, 4.69) is 5.32 Å². The van der Waals surface area contributed by atoms with Crippen molar-refractivity contribution in [1.29, 1.82) is 0 Å². The lowest BCUT2D eigenvalue weighted by Crippen LogP contribution is -2.26. The van der Waals surface area contributed by atoms with Crippen LogP contribution in [0.2, 0.25) is 0 Å². The van der Waals surface area contributed by atoms with Crippen molar-refractivity contribution in [2.24, 2.45) is 0 Å². The van der Waals surface area contributed by atoms with Crippen LogP contribution in [0, 0.1) is 0 Å². The fraction of sp³-hybridized carbons (Fsp3) is 0.421. The van der Waals surface area contributed by atoms with Crippen LogP contribution < -0.4 is 14.8 Å². The standard InChI is InChI=1S/C19H21NO3S/c21-19(15-12-24-18-4-2-1-3-14(15)18)20-8-7-13-5-6-16-17(11-13)23-10-9-22-16/h5-6,11-12H,1-4,7-10H2,(H,20,21). The SMILES string of the molecule is O=C(NCCc1ccc2c(c1)OCCO2)c1csc2c1CCCC2. The zero-order valence-electron chi connectivity index (χ0n) is 13.6. The predicted molar refractivity (Wildman–Crippen MR) is 94.4 cm³/mol. The molecule has 4 rings (SSSR count). The summed E-state index contributed by atoms with van der Waals surface area (Å²) in [4.78, 5) is 13.9. The topological polar surface area (TPSA) is 47.6 Å². The Morgan fingerprint density at radius 3 is 2.88 bits per heavy atom. The van der Waals surface area contributed by atoms with Gasteiger partial charge in [-0.25, -0.2) is 0 Å². The Morgan fingerprint density at radius 1 is 1.12 bits per heavy atom. The van der Waals surface area contributed by atoms with Gasteiger partial charge in [0.2, 0.25) is 0 Å². The van der Waals surface area contributed by atoms with Crippen LogP contribution in [-0.2, 0) is 19.3 Å². The van der Waals surface area contributed by atoms with Gasteiger partial charge in [-0.1, -0.05) is 6.07 Å². The Kier molecular flexibility index (Phi) is 4.43. The number of ether oxygens (including phenoxy) is 2. The van der Waals surface area contributed by atoms with E-state index in [0.29, 0.717) is 19.8 Å². The Labute approximate surface area is 145 Å². The van der Waals surface area contributed by atoms with Gasteiger partial charge in [0.05, 0.1) is 5.56 Å². The number of thiophene rings is 1. The lowest BCUT2D eigenvalue weighted by Gasteiger charge is -2.19. The molecule has 0 saturated heterocycles. The van der Waals surface area contributed by atoms with Crippen LogP contribution in [-0.4, -0.2) is 25.7 Å². The highest BCUT2D eigenvalue weighted by atomic mass is 32.1. The molecular formula is C19H21NO3S. The largest absolute Gasteiger partial charge is 0.486 e. The highest BCUT2D eigenvalue weighted by Crippen LogP contribution is 2.31. The van der Waals surface area contributed by atoms with Gasteiger partial charge in [-0.3, -0.25) is 4.79 Å². The summed E-state index contributed by atoms with van der Waals surface area (Å²) < 4.78 is 11.1. The van der Waals surface area contributed by atoms with Crippen LogP contribution in [0.5, 0.6) is 11.5 Å². The van der Waals surface area contributed by atoms with Crippen LogP contribution in [0.3, 0.4) is 0 Å². The maximum atomic E-state index is 12.5. The number of nitrogens with one attached hydrogen (secondary N) is 1. The molecule has 0 fully saturated rings. The van der Waals surface area contributed by atoms with Crippen molar-refractivity contribution in [1.82, 2.24) is 5.32 Å². The third kappa shape index (κ3) is 3.13. The van der Waals surface area contributed by atoms with Gasteiger partial charge in [0.25, 0.3) is 5.91 Å². The van der Waals surface area contributed by atoms with E-state index < -0.39 is 0 Å². The molecule has 0 saturated carbocycles. The summed E-state index contributed by atoms with van der Waals surface area (Å²) in [7, 11) is 0. The zero-order chi connectivity index (χ0) is 16.4. The van der Waals surface area contributed by atoms with Crippen molar-refractivity contribution in [2.45, 2.75) is 32.1 Å². The number of fused-ring (bicyclic) bond motifs is 2. The molecule has 1 amide bonds. The monoisotopic (exact) mass is 343 g/mol. The van der Waals surface area contributed by atoms with Crippen LogP contribution >= 0.6 is 11.3 Å². The molecule has 0 radical (unpaired) electrons. The molecule has 0 atom stereocenters. The predicted octanol–water partition coefficient (Wildman–Crippen LogP) is 3.37. The van der Waals surface area contributed by atoms with E-state index in [9.17, 15) is 4.79 Å². The van der Waals surface area contributed by atoms with Crippen molar-refractivity contribution in [2.75, 3.05) is 19.8 Å². The van der Waals surface area contributed by atoms with E-state index in [-0.39, 0.29) is 5.91 Å². The molecule has 1 aliphatic heterocycles. The molecule has 1 aromatic carbocycles. The molecule has 24 heavy (non-hydrogen) atoms. The van der Waals surface area contributed by atoms with Gasteiger partial charge in [-0.05, 0) is 55.4 Å². The number of carbonyl (C=O) groups is 1. The quantitative estimate of drug-likeness (QED) is 0.926. The van der Waals surface area contributed by atoms with Crippen molar-refractivity contribution in [3.63, 3.8) is 0 Å². The summed E-state index contributed by atoms with van der Waals surface area (Å²) in [5, 5.41) is 5.08. The molecule has 5 heteroatoms. The van der Waals surface area contributed by atoms with Gasteiger partial charge < -0.3 is 14.8 Å². The number of hydrogen-bond donors (Lipinski definition) is 1. The smallest absolute Gasteiger partial charge is 0.252 e. The molecule has 126 valence electrons. The lowest BCUT2D eigenvalue weighted by atomic mass is 9.95. The summed E-state index contributed by atoms with van der Waals surface area (Å²) in [5.74, 6) is 1.67. The number of carbonyl (C=O) groups excluding carboxylic acids is 1. The first-order valence-corrected chi connectivity index (χ1v) is 9.45. The van der Waals surface area contributed by atoms with Crippen LogP contribution in [0.25, 0.3) is 0 Å². The highest BCUT2D eigenvalue weighted by Gasteiger charge is 2.19. The molecule has 4 nitrogen and oxygen atoms in total. The Hall–Kier alpha value is -2.01. The minimum Gasteiger partial charge on any atom is -0.486 e. The third-order valence-corrected chi connectivity index (χ3v) is 5.70. The second kappa shape index (κ2) is 6.85. The van der Waals surface area contributed by atoms with Gasteiger partial charge in [0.1, 0.15) is 13.2 Å². The van der Waals surface area contributed by atoms with E-state index in [1.807, 2.05) is 23.6 Å². The summed E-state index contributed by atoms with van der Waals surface area (Å²) in [6.07, 6.45) is 5.41. The molecule has 1 aliphatic carbocycles. The van der Waals surface area contributed by atoms with Crippen LogP contribution in [0.4, 0.5) is 0 Å².